The van der Waals surface area contributed by atoms with Crippen LogP contribution in [0.5, 0.6) is 5.75 Å². The van der Waals surface area contributed by atoms with Gasteiger partial charge in [0.1, 0.15) is 18.2 Å². The summed E-state index contributed by atoms with van der Waals surface area (Å²) in [7, 11) is -4.41. The molecular weight excluding hydrogens is 567 g/mol. The number of ether oxygens (including phenoxy) is 1. The van der Waals surface area contributed by atoms with Crippen molar-refractivity contribution in [2.24, 2.45) is 5.92 Å². The van der Waals surface area contributed by atoms with E-state index in [-0.39, 0.29) is 42.1 Å². The molecule has 2 atom stereocenters. The van der Waals surface area contributed by atoms with Crippen LogP contribution in [0.3, 0.4) is 0 Å². The number of anilines is 2. The van der Waals surface area contributed by atoms with E-state index in [1.54, 1.807) is 13.8 Å². The molecule has 3 rings (SSSR count). The predicted octanol–water partition coefficient (Wildman–Crippen LogP) is 7.39. The van der Waals surface area contributed by atoms with E-state index in [2.05, 4.69) is 0 Å². The Bertz CT molecular complexity index is 1150. The quantitative estimate of drug-likeness (QED) is 0.220. The number of fused-ring (bicyclic) bond motifs is 1. The summed E-state index contributed by atoms with van der Waals surface area (Å²) in [6.45, 7) is 3.69. The summed E-state index contributed by atoms with van der Waals surface area (Å²) < 4.78 is 103. The molecule has 1 heterocycles. The lowest BCUT2D eigenvalue weighted by Gasteiger charge is -2.33. The lowest BCUT2D eigenvalue weighted by Crippen LogP contribution is -2.33. The van der Waals surface area contributed by atoms with E-state index in [9.17, 15) is 40.3 Å². The van der Waals surface area contributed by atoms with Crippen molar-refractivity contribution in [2.75, 3.05) is 23.8 Å². The van der Waals surface area contributed by atoms with Crippen LogP contribution in [-0.2, 0) is 17.0 Å². The van der Waals surface area contributed by atoms with Crippen LogP contribution in [0, 0.1) is 11.7 Å². The third-order valence-electron chi connectivity index (χ3n) is 7.10. The average molecular weight is 600 g/mol. The molecule has 39 heavy (non-hydrogen) atoms. The number of alkyl halides is 5. The molecule has 0 fully saturated rings. The molecule has 0 saturated carbocycles. The van der Waals surface area contributed by atoms with E-state index < -0.39 is 72.5 Å². The molecule has 218 valence electrons. The van der Waals surface area contributed by atoms with Crippen molar-refractivity contribution in [3.63, 3.8) is 0 Å². The number of halogens is 6. The van der Waals surface area contributed by atoms with Crippen molar-refractivity contribution in [1.29, 1.82) is 0 Å². The Morgan fingerprint density at radius 2 is 1.69 bits per heavy atom. The van der Waals surface area contributed by atoms with E-state index in [1.165, 1.54) is 17.0 Å². The Morgan fingerprint density at radius 3 is 2.21 bits per heavy atom. The van der Waals surface area contributed by atoms with Gasteiger partial charge in [0, 0.05) is 24.4 Å². The second kappa shape index (κ2) is 12.3. The van der Waals surface area contributed by atoms with Gasteiger partial charge in [-0.15, -0.1) is 0 Å². The zero-order valence-corrected chi connectivity index (χ0v) is 23.5. The number of benzene rings is 2. The van der Waals surface area contributed by atoms with Crippen LogP contribution in [0.4, 0.5) is 37.7 Å². The Morgan fingerprint density at radius 1 is 1.08 bits per heavy atom. The molecule has 0 aliphatic carbocycles. The number of nitrogens with zero attached hydrogens (tertiary/aromatic N) is 1. The van der Waals surface area contributed by atoms with E-state index >= 15 is 0 Å². The monoisotopic (exact) mass is 599 g/mol. The highest BCUT2D eigenvalue weighted by molar-refractivity contribution is 7.85. The van der Waals surface area contributed by atoms with Gasteiger partial charge in [-0.3, -0.25) is 4.21 Å². The Kier molecular flexibility index (Phi) is 10.0. The van der Waals surface area contributed by atoms with Crippen molar-refractivity contribution in [3.05, 3.63) is 47.8 Å². The van der Waals surface area contributed by atoms with Gasteiger partial charge in [0.15, 0.2) is 8.38 Å². The summed E-state index contributed by atoms with van der Waals surface area (Å²) in [4.78, 5) is 21.3. The molecule has 1 aliphatic rings. The molecule has 2 N–H and O–H groups in total. The van der Waals surface area contributed by atoms with Gasteiger partial charge in [0.05, 0.1) is 32.1 Å². The third kappa shape index (κ3) is 7.65. The lowest BCUT2D eigenvalue weighted by molar-refractivity contribution is -0.139. The standard InChI is InChI=1S/C26H32F6NO4PS/c1-4-25(5-2,38(34)35)16-37-22-13-23-21(12-20(22)26(30,31)32)33(19-8-6-18(27)7-9-19)14-17(15-39(23)36)10-11-24(3,28)29/h6-9,12-13,17,34-35H,4-5,10-11,14-16H2,1-3H3/t17-,39?/m1/s1. The molecule has 0 radical (unpaired) electrons. The normalized spacial score (nSPS) is 18.7. The summed E-state index contributed by atoms with van der Waals surface area (Å²) in [6.07, 6.45) is -4.93. The Labute approximate surface area is 227 Å². The first-order chi connectivity index (χ1) is 18.1. The van der Waals surface area contributed by atoms with E-state index in [4.69, 9.17) is 4.74 Å². The molecule has 0 bridgehead atoms. The summed E-state index contributed by atoms with van der Waals surface area (Å²) in [6, 6.07) is 6.82. The Hall–Kier alpha value is -1.88. The second-order valence-electron chi connectivity index (χ2n) is 9.90. The fourth-order valence-electron chi connectivity index (χ4n) is 4.50. The fourth-order valence-corrected chi connectivity index (χ4v) is 6.77. The first-order valence-electron chi connectivity index (χ1n) is 12.5. The predicted molar refractivity (Wildman–Crippen MR) is 140 cm³/mol. The van der Waals surface area contributed by atoms with Crippen molar-refractivity contribution >= 4 is 30.5 Å². The SMILES string of the molecule is CCC(CC)(COc1cc2c(cc1C(F)(F)F)N(c1ccc(F)cc1)C[C@@H](CCC(C)(F)F)CS2=O)P(O)O. The van der Waals surface area contributed by atoms with Crippen molar-refractivity contribution in [1.82, 2.24) is 0 Å². The maximum absolute atomic E-state index is 14.3. The second-order valence-corrected chi connectivity index (χ2v) is 12.9. The highest BCUT2D eigenvalue weighted by Crippen LogP contribution is 2.49. The minimum Gasteiger partial charge on any atom is -0.492 e. The van der Waals surface area contributed by atoms with Crippen LogP contribution in [-0.4, -0.2) is 44.0 Å². The van der Waals surface area contributed by atoms with Gasteiger partial charge in [-0.25, -0.2) is 13.2 Å². The fraction of sp³-hybridized carbons (Fsp3) is 0.538. The highest BCUT2D eigenvalue weighted by Gasteiger charge is 2.41. The van der Waals surface area contributed by atoms with Gasteiger partial charge in [-0.1, -0.05) is 13.8 Å². The van der Waals surface area contributed by atoms with E-state index in [0.29, 0.717) is 5.69 Å². The number of hydrogen-bond donors (Lipinski definition) is 2. The number of rotatable bonds is 10. The highest BCUT2D eigenvalue weighted by atomic mass is 32.2. The van der Waals surface area contributed by atoms with Crippen LogP contribution in [0.2, 0.25) is 0 Å². The molecule has 2 aromatic carbocycles. The van der Waals surface area contributed by atoms with Crippen molar-refractivity contribution in [2.45, 2.75) is 68.6 Å². The summed E-state index contributed by atoms with van der Waals surface area (Å²) in [5.74, 6) is -4.79. The molecular formula is C26H32F6NO4PS. The largest absolute Gasteiger partial charge is 0.492 e. The molecule has 0 spiro atoms. The van der Waals surface area contributed by atoms with Crippen LogP contribution in [0.1, 0.15) is 52.0 Å². The maximum atomic E-state index is 14.3. The van der Waals surface area contributed by atoms with Crippen molar-refractivity contribution in [3.8, 4) is 5.75 Å². The summed E-state index contributed by atoms with van der Waals surface area (Å²) in [5, 5.41) is -1.17. The lowest BCUT2D eigenvalue weighted by atomic mass is 10.0. The molecule has 5 nitrogen and oxygen atoms in total. The van der Waals surface area contributed by atoms with Crippen molar-refractivity contribution < 1.29 is 45.1 Å². The zero-order chi connectivity index (χ0) is 29.2. The average Bonchev–Trinajstić information content (AvgIpc) is 2.98. The van der Waals surface area contributed by atoms with Crippen LogP contribution in [0.15, 0.2) is 41.3 Å². The first kappa shape index (κ1) is 31.6. The van der Waals surface area contributed by atoms with Crippen LogP contribution < -0.4 is 9.64 Å². The Balaban J connectivity index is 2.14. The molecule has 2 aromatic rings. The van der Waals surface area contributed by atoms with Crippen LogP contribution in [0.25, 0.3) is 0 Å². The first-order valence-corrected chi connectivity index (χ1v) is 15.0. The summed E-state index contributed by atoms with van der Waals surface area (Å²) >= 11 is 0. The zero-order valence-electron chi connectivity index (χ0n) is 21.8. The molecule has 1 unspecified atom stereocenters. The third-order valence-corrected chi connectivity index (χ3v) is 10.3. The topological polar surface area (TPSA) is 70.0 Å². The minimum atomic E-state index is -4.89. The van der Waals surface area contributed by atoms with Gasteiger partial charge < -0.3 is 19.4 Å². The van der Waals surface area contributed by atoms with Gasteiger partial charge in [-0.2, -0.15) is 13.2 Å². The van der Waals surface area contributed by atoms with Gasteiger partial charge >= 0.3 is 6.18 Å². The molecule has 0 amide bonds. The molecule has 13 heteroatoms. The minimum absolute atomic E-state index is 0.00788. The van der Waals surface area contributed by atoms with Gasteiger partial charge in [-0.05, 0) is 68.5 Å². The van der Waals surface area contributed by atoms with Crippen LogP contribution >= 0.6 is 8.38 Å². The van der Waals surface area contributed by atoms with Gasteiger partial charge in [0.25, 0.3) is 0 Å². The van der Waals surface area contributed by atoms with E-state index in [1.807, 2.05) is 0 Å². The molecule has 0 saturated heterocycles. The smallest absolute Gasteiger partial charge is 0.420 e. The molecule has 1 aliphatic heterocycles. The van der Waals surface area contributed by atoms with E-state index in [0.717, 1.165) is 31.2 Å². The van der Waals surface area contributed by atoms with Gasteiger partial charge in [0.2, 0.25) is 5.92 Å². The maximum Gasteiger partial charge on any atom is 0.420 e. The number of hydrogen-bond acceptors (Lipinski definition) is 5. The molecule has 0 aromatic heterocycles. The summed E-state index contributed by atoms with van der Waals surface area (Å²) in [5.41, 5.74) is -0.895.